The van der Waals surface area contributed by atoms with E-state index in [1.165, 1.54) is 0 Å². The van der Waals surface area contributed by atoms with Crippen molar-refractivity contribution in [1.82, 2.24) is 9.78 Å². The lowest BCUT2D eigenvalue weighted by Gasteiger charge is -2.11. The highest BCUT2D eigenvalue weighted by Crippen LogP contribution is 2.28. The third kappa shape index (κ3) is 2.74. The Bertz CT molecular complexity index is 521. The number of hydrogen-bond donors (Lipinski definition) is 2. The van der Waals surface area contributed by atoms with Crippen LogP contribution in [0.15, 0.2) is 30.5 Å². The zero-order valence-electron chi connectivity index (χ0n) is 10.7. The summed E-state index contributed by atoms with van der Waals surface area (Å²) in [4.78, 5) is 0. The van der Waals surface area contributed by atoms with Gasteiger partial charge in [-0.1, -0.05) is 6.07 Å². The van der Waals surface area contributed by atoms with E-state index < -0.39 is 0 Å². The molecule has 5 nitrogen and oxygen atoms in total. The monoisotopic (exact) mass is 246 g/mol. The van der Waals surface area contributed by atoms with Crippen molar-refractivity contribution in [2.45, 2.75) is 6.42 Å². The van der Waals surface area contributed by atoms with Gasteiger partial charge in [-0.3, -0.25) is 4.68 Å². The van der Waals surface area contributed by atoms with Crippen molar-refractivity contribution in [2.75, 3.05) is 24.7 Å². The molecule has 96 valence electrons. The molecule has 2 aromatic rings. The Morgan fingerprint density at radius 1 is 1.39 bits per heavy atom. The van der Waals surface area contributed by atoms with Crippen LogP contribution in [-0.2, 0) is 13.5 Å². The Morgan fingerprint density at radius 2 is 2.22 bits per heavy atom. The molecule has 0 radical (unpaired) electrons. The lowest BCUT2D eigenvalue weighted by molar-refractivity contribution is 0.417. The number of rotatable bonds is 5. The highest BCUT2D eigenvalue weighted by Gasteiger charge is 2.04. The van der Waals surface area contributed by atoms with Crippen LogP contribution in [0.3, 0.4) is 0 Å². The van der Waals surface area contributed by atoms with Gasteiger partial charge in [-0.25, -0.2) is 0 Å². The van der Waals surface area contributed by atoms with Crippen LogP contribution in [0.2, 0.25) is 0 Å². The molecule has 0 unspecified atom stereocenters. The number of aromatic nitrogens is 2. The lowest BCUT2D eigenvalue weighted by atomic mass is 10.2. The third-order valence-corrected chi connectivity index (χ3v) is 2.75. The van der Waals surface area contributed by atoms with E-state index in [4.69, 9.17) is 10.5 Å². The van der Waals surface area contributed by atoms with Crippen molar-refractivity contribution in [3.63, 3.8) is 0 Å². The normalized spacial score (nSPS) is 10.3. The smallest absolute Gasteiger partial charge is 0.143 e. The lowest BCUT2D eigenvalue weighted by Crippen LogP contribution is -2.08. The van der Waals surface area contributed by atoms with Crippen LogP contribution in [0.25, 0.3) is 0 Å². The zero-order valence-corrected chi connectivity index (χ0v) is 10.7. The van der Waals surface area contributed by atoms with Gasteiger partial charge in [0.1, 0.15) is 5.75 Å². The number of anilines is 2. The molecule has 1 aromatic carbocycles. The summed E-state index contributed by atoms with van der Waals surface area (Å²) in [6, 6.07) is 7.71. The first-order valence-electron chi connectivity index (χ1n) is 5.85. The first-order chi connectivity index (χ1) is 8.70. The van der Waals surface area contributed by atoms with Gasteiger partial charge in [-0.15, -0.1) is 0 Å². The molecule has 1 heterocycles. The Balaban J connectivity index is 1.94. The van der Waals surface area contributed by atoms with Gasteiger partial charge < -0.3 is 15.8 Å². The van der Waals surface area contributed by atoms with Gasteiger partial charge in [0.25, 0.3) is 0 Å². The number of ether oxygens (including phenoxy) is 1. The van der Waals surface area contributed by atoms with Gasteiger partial charge in [0.05, 0.1) is 24.2 Å². The first kappa shape index (κ1) is 12.3. The second kappa shape index (κ2) is 5.44. The number of methoxy groups -OCH3 is 1. The van der Waals surface area contributed by atoms with E-state index in [1.54, 1.807) is 11.8 Å². The molecule has 0 aliphatic rings. The van der Waals surface area contributed by atoms with Crippen molar-refractivity contribution in [3.8, 4) is 5.75 Å². The topological polar surface area (TPSA) is 65.1 Å². The van der Waals surface area contributed by atoms with E-state index in [9.17, 15) is 0 Å². The van der Waals surface area contributed by atoms with E-state index in [1.807, 2.05) is 37.5 Å². The molecule has 0 atom stereocenters. The first-order valence-corrected chi connectivity index (χ1v) is 5.85. The van der Waals surface area contributed by atoms with E-state index in [0.717, 1.165) is 24.3 Å². The standard InChI is InChI=1S/C13H18N4O/c1-17-9-7-10(16-17)6-8-15-11-4-3-5-12(18-2)13(11)14/h3-5,7,9,15H,6,8,14H2,1-2H3. The van der Waals surface area contributed by atoms with Crippen LogP contribution >= 0.6 is 0 Å². The molecule has 0 spiro atoms. The SMILES string of the molecule is COc1cccc(NCCc2ccn(C)n2)c1N. The molecule has 0 saturated heterocycles. The molecule has 0 saturated carbocycles. The molecular weight excluding hydrogens is 228 g/mol. The van der Waals surface area contributed by atoms with Gasteiger partial charge in [-0.2, -0.15) is 5.10 Å². The van der Waals surface area contributed by atoms with Gasteiger partial charge in [0.15, 0.2) is 0 Å². The van der Waals surface area contributed by atoms with Crippen LogP contribution < -0.4 is 15.8 Å². The summed E-state index contributed by atoms with van der Waals surface area (Å²) in [6.07, 6.45) is 2.80. The molecule has 0 bridgehead atoms. The molecule has 5 heteroatoms. The molecular formula is C13H18N4O. The van der Waals surface area contributed by atoms with Gasteiger partial charge in [0.2, 0.25) is 0 Å². The summed E-state index contributed by atoms with van der Waals surface area (Å²) in [6.45, 7) is 0.786. The number of nitrogen functional groups attached to an aromatic ring is 1. The van der Waals surface area contributed by atoms with Crippen LogP contribution in [0.4, 0.5) is 11.4 Å². The van der Waals surface area contributed by atoms with Gasteiger partial charge in [0, 0.05) is 26.2 Å². The summed E-state index contributed by atoms with van der Waals surface area (Å²) in [5.74, 6) is 0.692. The quantitative estimate of drug-likeness (QED) is 0.788. The maximum absolute atomic E-state index is 5.97. The average Bonchev–Trinajstić information content (AvgIpc) is 2.77. The minimum Gasteiger partial charge on any atom is -0.495 e. The molecule has 0 fully saturated rings. The second-order valence-corrected chi connectivity index (χ2v) is 4.08. The molecule has 18 heavy (non-hydrogen) atoms. The number of nitrogens with zero attached hydrogens (tertiary/aromatic N) is 2. The summed E-state index contributed by atoms with van der Waals surface area (Å²) in [7, 11) is 3.53. The molecule has 1 aromatic heterocycles. The largest absolute Gasteiger partial charge is 0.495 e. The van der Waals surface area contributed by atoms with Crippen molar-refractivity contribution in [2.24, 2.45) is 7.05 Å². The Hall–Kier alpha value is -2.17. The Kier molecular flexibility index (Phi) is 3.72. The number of hydrogen-bond acceptors (Lipinski definition) is 4. The number of nitrogens with one attached hydrogen (secondary N) is 1. The highest BCUT2D eigenvalue weighted by atomic mass is 16.5. The fourth-order valence-electron chi connectivity index (χ4n) is 1.80. The van der Waals surface area contributed by atoms with Crippen LogP contribution in [0, 0.1) is 0 Å². The number of aryl methyl sites for hydroxylation is 1. The molecule has 0 amide bonds. The van der Waals surface area contributed by atoms with E-state index in [0.29, 0.717) is 11.4 Å². The summed E-state index contributed by atoms with van der Waals surface area (Å²) >= 11 is 0. The summed E-state index contributed by atoms with van der Waals surface area (Å²) < 4.78 is 6.97. The van der Waals surface area contributed by atoms with Crippen LogP contribution in [0.5, 0.6) is 5.75 Å². The van der Waals surface area contributed by atoms with E-state index in [2.05, 4.69) is 10.4 Å². The van der Waals surface area contributed by atoms with Crippen molar-refractivity contribution in [3.05, 3.63) is 36.2 Å². The molecule has 0 aliphatic heterocycles. The summed E-state index contributed by atoms with van der Waals surface area (Å²) in [5.41, 5.74) is 8.57. The average molecular weight is 246 g/mol. The predicted molar refractivity (Wildman–Crippen MR) is 72.8 cm³/mol. The summed E-state index contributed by atoms with van der Waals surface area (Å²) in [5, 5.41) is 7.61. The molecule has 0 aliphatic carbocycles. The third-order valence-electron chi connectivity index (χ3n) is 2.75. The minimum atomic E-state index is 0.640. The van der Waals surface area contributed by atoms with Crippen LogP contribution in [0.1, 0.15) is 5.69 Å². The van der Waals surface area contributed by atoms with E-state index in [-0.39, 0.29) is 0 Å². The number of benzene rings is 1. The minimum absolute atomic E-state index is 0.640. The number of para-hydroxylation sites is 1. The van der Waals surface area contributed by atoms with Crippen LogP contribution in [-0.4, -0.2) is 23.4 Å². The van der Waals surface area contributed by atoms with Gasteiger partial charge >= 0.3 is 0 Å². The van der Waals surface area contributed by atoms with Gasteiger partial charge in [-0.05, 0) is 18.2 Å². The zero-order chi connectivity index (χ0) is 13.0. The molecule has 2 rings (SSSR count). The fraction of sp³-hybridized carbons (Fsp3) is 0.308. The maximum Gasteiger partial charge on any atom is 0.143 e. The molecule has 3 N–H and O–H groups in total. The van der Waals surface area contributed by atoms with Crippen molar-refractivity contribution >= 4 is 11.4 Å². The van der Waals surface area contributed by atoms with Crippen molar-refractivity contribution in [1.29, 1.82) is 0 Å². The van der Waals surface area contributed by atoms with Crippen molar-refractivity contribution < 1.29 is 4.74 Å². The Labute approximate surface area is 107 Å². The highest BCUT2D eigenvalue weighted by molar-refractivity contribution is 5.72. The predicted octanol–water partition coefficient (Wildman–Crippen LogP) is 1.67. The number of nitrogens with two attached hydrogens (primary N) is 1. The Morgan fingerprint density at radius 3 is 2.89 bits per heavy atom. The maximum atomic E-state index is 5.97. The fourth-order valence-corrected chi connectivity index (χ4v) is 1.80. The second-order valence-electron chi connectivity index (χ2n) is 4.08. The van der Waals surface area contributed by atoms with E-state index >= 15 is 0 Å².